The number of fused-ring (bicyclic) bond motifs is 2. The van der Waals surface area contributed by atoms with Gasteiger partial charge < -0.3 is 29.4 Å². The lowest BCUT2D eigenvalue weighted by Crippen LogP contribution is -2.47. The normalized spacial score (nSPS) is 30.0. The van der Waals surface area contributed by atoms with Crippen molar-refractivity contribution >= 4 is 34.2 Å². The fourth-order valence-electron chi connectivity index (χ4n) is 5.00. The summed E-state index contributed by atoms with van der Waals surface area (Å²) in [6.45, 7) is 3.20. The van der Waals surface area contributed by atoms with Gasteiger partial charge in [0.2, 0.25) is 0 Å². The van der Waals surface area contributed by atoms with Gasteiger partial charge in [-0.2, -0.15) is 0 Å². The highest BCUT2D eigenvalue weighted by atomic mass is 35.5. The standard InChI is InChI=1S/C22H23Cl2N3O5/c1-21(2)31-16-15(27-6-5-14-19(24)25-10-26-20(14)27)8-22(30,18(16)32-21)17(29)13-4-3-12(23)7-11(13)9-28/h3-7,10,15-18,28-30H,8-9H2,1-2H3/t15?,16-,17+,18-,22-/m0/s1. The smallest absolute Gasteiger partial charge is 0.164 e. The number of benzene rings is 1. The maximum Gasteiger partial charge on any atom is 0.164 e. The molecule has 170 valence electrons. The zero-order valence-corrected chi connectivity index (χ0v) is 19.0. The Morgan fingerprint density at radius 2 is 2.00 bits per heavy atom. The molecule has 3 aromatic rings. The van der Waals surface area contributed by atoms with Crippen LogP contribution < -0.4 is 0 Å². The highest BCUT2D eigenvalue weighted by Crippen LogP contribution is 2.54. The van der Waals surface area contributed by atoms with Crippen molar-refractivity contribution in [3.63, 3.8) is 0 Å². The van der Waals surface area contributed by atoms with Crippen LogP contribution in [0.1, 0.15) is 43.5 Å². The summed E-state index contributed by atoms with van der Waals surface area (Å²) in [7, 11) is 0. The molecule has 1 saturated heterocycles. The maximum absolute atomic E-state index is 11.9. The van der Waals surface area contributed by atoms with Gasteiger partial charge in [0, 0.05) is 17.6 Å². The minimum Gasteiger partial charge on any atom is -0.392 e. The highest BCUT2D eigenvalue weighted by molar-refractivity contribution is 6.33. The molecule has 3 N–H and O–H groups in total. The summed E-state index contributed by atoms with van der Waals surface area (Å²) in [5, 5.41) is 34.5. The van der Waals surface area contributed by atoms with Crippen LogP contribution in [0.3, 0.4) is 0 Å². The first-order valence-electron chi connectivity index (χ1n) is 10.3. The van der Waals surface area contributed by atoms with Gasteiger partial charge in [-0.1, -0.05) is 29.3 Å². The number of ether oxygens (including phenoxy) is 2. The summed E-state index contributed by atoms with van der Waals surface area (Å²) in [4.78, 5) is 8.38. The number of halogens is 2. The third-order valence-electron chi connectivity index (χ3n) is 6.40. The van der Waals surface area contributed by atoms with Crippen LogP contribution in [0, 0.1) is 0 Å². The Bertz CT molecular complexity index is 1190. The Hall–Kier alpha value is -1.78. The predicted octanol–water partition coefficient (Wildman–Crippen LogP) is 3.16. The van der Waals surface area contributed by atoms with Crippen molar-refractivity contribution in [1.29, 1.82) is 0 Å². The number of aromatic nitrogens is 3. The number of nitrogens with zero attached hydrogens (tertiary/aromatic N) is 3. The van der Waals surface area contributed by atoms with Crippen LogP contribution in [0.4, 0.5) is 0 Å². The first-order chi connectivity index (χ1) is 15.1. The maximum atomic E-state index is 11.9. The molecule has 3 heterocycles. The summed E-state index contributed by atoms with van der Waals surface area (Å²) in [6, 6.07) is 6.21. The molecule has 1 aliphatic carbocycles. The molecular weight excluding hydrogens is 457 g/mol. The summed E-state index contributed by atoms with van der Waals surface area (Å²) >= 11 is 12.3. The molecule has 10 heteroatoms. The van der Waals surface area contributed by atoms with E-state index in [1.165, 1.54) is 6.33 Å². The van der Waals surface area contributed by atoms with Gasteiger partial charge in [0.25, 0.3) is 0 Å². The molecule has 0 bridgehead atoms. The van der Waals surface area contributed by atoms with E-state index in [4.69, 9.17) is 32.7 Å². The Kier molecular flexibility index (Phi) is 5.25. The van der Waals surface area contributed by atoms with E-state index in [0.29, 0.717) is 32.3 Å². The van der Waals surface area contributed by atoms with Gasteiger partial charge in [-0.15, -0.1) is 0 Å². The summed E-state index contributed by atoms with van der Waals surface area (Å²) < 4.78 is 14.2. The lowest BCUT2D eigenvalue weighted by Gasteiger charge is -2.35. The van der Waals surface area contributed by atoms with E-state index in [9.17, 15) is 15.3 Å². The van der Waals surface area contributed by atoms with Crippen molar-refractivity contribution in [2.45, 2.75) is 62.6 Å². The third kappa shape index (κ3) is 3.33. The fraction of sp³-hybridized carbons (Fsp3) is 0.455. The summed E-state index contributed by atoms with van der Waals surface area (Å²) in [5.41, 5.74) is -0.283. The van der Waals surface area contributed by atoms with Crippen molar-refractivity contribution in [2.75, 3.05) is 0 Å². The first kappa shape index (κ1) is 22.0. The molecule has 2 fully saturated rings. The molecule has 2 aliphatic rings. The number of hydrogen-bond acceptors (Lipinski definition) is 7. The lowest BCUT2D eigenvalue weighted by molar-refractivity contribution is -0.201. The van der Waals surface area contributed by atoms with E-state index in [1.54, 1.807) is 32.0 Å². The largest absolute Gasteiger partial charge is 0.392 e. The Morgan fingerprint density at radius 3 is 2.75 bits per heavy atom. The van der Waals surface area contributed by atoms with Crippen LogP contribution in [0.5, 0.6) is 0 Å². The molecule has 5 rings (SSSR count). The Labute approximate surface area is 194 Å². The molecule has 1 unspecified atom stereocenters. The van der Waals surface area contributed by atoms with Crippen LogP contribution in [-0.4, -0.2) is 53.5 Å². The minimum atomic E-state index is -1.70. The number of aliphatic hydroxyl groups is 3. The highest BCUT2D eigenvalue weighted by Gasteiger charge is 2.64. The fourth-order valence-corrected chi connectivity index (χ4v) is 5.39. The molecule has 5 atom stereocenters. The van der Waals surface area contributed by atoms with Crippen LogP contribution in [-0.2, 0) is 16.1 Å². The quantitative estimate of drug-likeness (QED) is 0.492. The summed E-state index contributed by atoms with van der Waals surface area (Å²) in [6.07, 6.45) is 0.594. The molecule has 8 nitrogen and oxygen atoms in total. The van der Waals surface area contributed by atoms with Crippen LogP contribution >= 0.6 is 23.2 Å². The van der Waals surface area contributed by atoms with E-state index in [0.717, 1.165) is 0 Å². The average Bonchev–Trinajstić information content (AvgIpc) is 3.39. The van der Waals surface area contributed by atoms with Gasteiger partial charge in [0.15, 0.2) is 5.79 Å². The van der Waals surface area contributed by atoms with E-state index in [1.807, 2.05) is 16.8 Å². The van der Waals surface area contributed by atoms with Crippen molar-refractivity contribution in [2.24, 2.45) is 0 Å². The van der Waals surface area contributed by atoms with Crippen molar-refractivity contribution in [3.05, 3.63) is 58.1 Å². The topological polar surface area (TPSA) is 110 Å². The van der Waals surface area contributed by atoms with Gasteiger partial charge in [-0.25, -0.2) is 9.97 Å². The van der Waals surface area contributed by atoms with Crippen molar-refractivity contribution in [3.8, 4) is 0 Å². The van der Waals surface area contributed by atoms with E-state index >= 15 is 0 Å². The Balaban J connectivity index is 1.60. The molecule has 2 aromatic heterocycles. The monoisotopic (exact) mass is 479 g/mol. The number of rotatable bonds is 4. The van der Waals surface area contributed by atoms with E-state index < -0.39 is 35.7 Å². The molecule has 0 amide bonds. The molecule has 0 radical (unpaired) electrons. The van der Waals surface area contributed by atoms with Crippen LogP contribution in [0.15, 0.2) is 36.8 Å². The van der Waals surface area contributed by atoms with Gasteiger partial charge in [0.1, 0.15) is 41.0 Å². The zero-order chi connectivity index (χ0) is 22.8. The van der Waals surface area contributed by atoms with Crippen molar-refractivity contribution < 1.29 is 24.8 Å². The van der Waals surface area contributed by atoms with E-state index in [2.05, 4.69) is 9.97 Å². The first-order valence-corrected chi connectivity index (χ1v) is 11.0. The van der Waals surface area contributed by atoms with Gasteiger partial charge in [-0.3, -0.25) is 0 Å². The van der Waals surface area contributed by atoms with Crippen molar-refractivity contribution in [1.82, 2.24) is 14.5 Å². The molecule has 0 spiro atoms. The molecule has 1 aromatic carbocycles. The number of aliphatic hydroxyl groups excluding tert-OH is 2. The van der Waals surface area contributed by atoms with Crippen LogP contribution in [0.2, 0.25) is 10.2 Å². The molecule has 1 aliphatic heterocycles. The molecular formula is C22H23Cl2N3O5. The second kappa shape index (κ2) is 7.63. The second-order valence-electron chi connectivity index (χ2n) is 8.81. The van der Waals surface area contributed by atoms with E-state index in [-0.39, 0.29) is 13.0 Å². The van der Waals surface area contributed by atoms with Crippen LogP contribution in [0.25, 0.3) is 11.0 Å². The second-order valence-corrected chi connectivity index (χ2v) is 9.61. The van der Waals surface area contributed by atoms with Gasteiger partial charge in [0.05, 0.1) is 18.0 Å². The molecule has 1 saturated carbocycles. The SMILES string of the molecule is CC1(C)O[C@H]2C(n3ccc4c(Cl)ncnc43)C[C@](O)([C@H](O)c3ccc(Cl)cc3CO)[C@H]2O1. The summed E-state index contributed by atoms with van der Waals surface area (Å²) in [5.74, 6) is -0.961. The zero-order valence-electron chi connectivity index (χ0n) is 17.4. The number of hydrogen-bond donors (Lipinski definition) is 3. The van der Waals surface area contributed by atoms with Gasteiger partial charge in [-0.05, 0) is 43.2 Å². The predicted molar refractivity (Wildman–Crippen MR) is 117 cm³/mol. The molecule has 32 heavy (non-hydrogen) atoms. The average molecular weight is 480 g/mol. The third-order valence-corrected chi connectivity index (χ3v) is 6.93. The lowest BCUT2D eigenvalue weighted by atomic mass is 9.85. The Morgan fingerprint density at radius 1 is 1.22 bits per heavy atom. The van der Waals surface area contributed by atoms with Gasteiger partial charge >= 0.3 is 0 Å². The minimum absolute atomic E-state index is 0.123.